The van der Waals surface area contributed by atoms with Crippen LogP contribution in [0.2, 0.25) is 0 Å². The van der Waals surface area contributed by atoms with E-state index in [1.165, 1.54) is 6.07 Å². The molecule has 0 unspecified atom stereocenters. The van der Waals surface area contributed by atoms with Crippen LogP contribution in [0.3, 0.4) is 0 Å². The molecule has 2 aliphatic rings. The van der Waals surface area contributed by atoms with Crippen molar-refractivity contribution in [3.63, 3.8) is 0 Å². The highest BCUT2D eigenvalue weighted by Crippen LogP contribution is 2.05. The van der Waals surface area contributed by atoms with Crippen molar-refractivity contribution in [3.8, 4) is 0 Å². The molecule has 0 atom stereocenters. The van der Waals surface area contributed by atoms with E-state index in [-0.39, 0.29) is 45.8 Å². The van der Waals surface area contributed by atoms with E-state index >= 15 is 0 Å². The molecule has 3 rings (SSSR count). The molecule has 1 aromatic rings. The summed E-state index contributed by atoms with van der Waals surface area (Å²) in [4.78, 5) is 32.4. The van der Waals surface area contributed by atoms with Crippen LogP contribution in [-0.4, -0.2) is 49.9 Å². The summed E-state index contributed by atoms with van der Waals surface area (Å²) in [5.74, 6) is 0.309. The minimum absolute atomic E-state index is 0. The minimum atomic E-state index is -0.365. The number of nitrogens with one attached hydrogen (secondary N) is 6. The minimum Gasteiger partial charge on any atom is -0.353 e. The Labute approximate surface area is 171 Å². The number of hydrazine groups is 2. The summed E-state index contributed by atoms with van der Waals surface area (Å²) in [6, 6.07) is 6.38. The fourth-order valence-corrected chi connectivity index (χ4v) is 2.14. The van der Waals surface area contributed by atoms with Crippen LogP contribution in [0.25, 0.3) is 0 Å². The standard InChI is InChI=1S/C14H18N8O2.2BrH/c23-11(19-21-13-15-4-5-16-13)9-2-1-3-10(8-9)12(24)20-22-14-17-6-7-18-14;;/h1-3,8H,4-7H2,(H,19,23)(H,20,24)(H2,15,16,21)(H2,17,18,22);2*1H. The zero-order valence-electron chi connectivity index (χ0n) is 13.7. The first-order valence-corrected chi connectivity index (χ1v) is 7.52. The molecular weight excluding hydrogens is 472 g/mol. The second kappa shape index (κ2) is 10.6. The van der Waals surface area contributed by atoms with E-state index in [0.717, 1.165) is 13.1 Å². The molecule has 2 aliphatic heterocycles. The van der Waals surface area contributed by atoms with Crippen molar-refractivity contribution < 1.29 is 9.59 Å². The number of amides is 2. The van der Waals surface area contributed by atoms with Gasteiger partial charge in [0, 0.05) is 24.2 Å². The molecule has 26 heavy (non-hydrogen) atoms. The summed E-state index contributed by atoms with van der Waals surface area (Å²) in [7, 11) is 0. The lowest BCUT2D eigenvalue weighted by atomic mass is 10.1. The number of halogens is 2. The van der Waals surface area contributed by atoms with E-state index in [1.54, 1.807) is 18.2 Å². The van der Waals surface area contributed by atoms with Crippen LogP contribution >= 0.6 is 34.0 Å². The van der Waals surface area contributed by atoms with Gasteiger partial charge < -0.3 is 10.6 Å². The highest BCUT2D eigenvalue weighted by molar-refractivity contribution is 8.93. The maximum atomic E-state index is 12.1. The average Bonchev–Trinajstić information content (AvgIpc) is 3.31. The summed E-state index contributed by atoms with van der Waals surface area (Å²) in [5.41, 5.74) is 11.1. The van der Waals surface area contributed by atoms with Gasteiger partial charge in [-0.05, 0) is 18.2 Å². The Morgan fingerprint density at radius 1 is 0.846 bits per heavy atom. The molecule has 2 heterocycles. The molecule has 6 N–H and O–H groups in total. The molecule has 0 aromatic heterocycles. The van der Waals surface area contributed by atoms with Crippen LogP contribution in [0.15, 0.2) is 34.3 Å². The van der Waals surface area contributed by atoms with E-state index in [2.05, 4.69) is 42.3 Å². The number of carbonyl (C=O) groups excluding carboxylic acids is 2. The molecule has 0 radical (unpaired) electrons. The van der Waals surface area contributed by atoms with Crippen molar-refractivity contribution in [2.45, 2.75) is 0 Å². The van der Waals surface area contributed by atoms with Gasteiger partial charge in [0.1, 0.15) is 0 Å². The third kappa shape index (κ3) is 5.88. The van der Waals surface area contributed by atoms with Crippen LogP contribution < -0.4 is 32.3 Å². The van der Waals surface area contributed by atoms with Crippen LogP contribution in [0.4, 0.5) is 0 Å². The predicted molar refractivity (Wildman–Crippen MR) is 109 cm³/mol. The Morgan fingerprint density at radius 2 is 1.31 bits per heavy atom. The van der Waals surface area contributed by atoms with Gasteiger partial charge in [0.05, 0.1) is 13.1 Å². The summed E-state index contributed by atoms with van der Waals surface area (Å²) in [6.07, 6.45) is 0. The molecule has 10 nitrogen and oxygen atoms in total. The molecule has 1 aromatic carbocycles. The van der Waals surface area contributed by atoms with E-state index in [0.29, 0.717) is 36.1 Å². The largest absolute Gasteiger partial charge is 0.353 e. The lowest BCUT2D eigenvalue weighted by molar-refractivity contribution is 0.0943. The summed E-state index contributed by atoms with van der Waals surface area (Å²) in [5, 5.41) is 5.94. The van der Waals surface area contributed by atoms with Crippen LogP contribution in [0.5, 0.6) is 0 Å². The van der Waals surface area contributed by atoms with Gasteiger partial charge in [0.25, 0.3) is 11.8 Å². The summed E-state index contributed by atoms with van der Waals surface area (Å²) >= 11 is 0. The Bertz CT molecular complexity index is 655. The first-order valence-electron chi connectivity index (χ1n) is 7.52. The molecular formula is C14H20Br2N8O2. The maximum absolute atomic E-state index is 12.1. The van der Waals surface area contributed by atoms with Gasteiger partial charge in [0.15, 0.2) is 0 Å². The van der Waals surface area contributed by atoms with Gasteiger partial charge in [-0.2, -0.15) is 0 Å². The second-order valence-corrected chi connectivity index (χ2v) is 5.05. The van der Waals surface area contributed by atoms with Gasteiger partial charge in [-0.1, -0.05) is 6.07 Å². The number of nitrogens with zero attached hydrogens (tertiary/aromatic N) is 2. The van der Waals surface area contributed by atoms with E-state index < -0.39 is 0 Å². The number of benzene rings is 1. The van der Waals surface area contributed by atoms with Gasteiger partial charge in [-0.25, -0.2) is 0 Å². The maximum Gasteiger partial charge on any atom is 0.269 e. The number of hydrogen-bond donors (Lipinski definition) is 6. The van der Waals surface area contributed by atoms with Crippen molar-refractivity contribution in [3.05, 3.63) is 35.4 Å². The number of guanidine groups is 2. The number of carbonyl (C=O) groups is 2. The SMILES string of the molecule is Br.Br.O=C(NNC1=NCCN1)c1cccc(C(=O)NNC2=NCCN2)c1. The second-order valence-electron chi connectivity index (χ2n) is 5.05. The number of aliphatic imine (C=N–C) groups is 2. The fourth-order valence-electron chi connectivity index (χ4n) is 2.14. The lowest BCUT2D eigenvalue weighted by Crippen LogP contribution is -2.46. The van der Waals surface area contributed by atoms with E-state index in [1.807, 2.05) is 0 Å². The van der Waals surface area contributed by atoms with Crippen LogP contribution in [-0.2, 0) is 0 Å². The van der Waals surface area contributed by atoms with Crippen molar-refractivity contribution in [1.29, 1.82) is 0 Å². The fraction of sp³-hybridized carbons (Fsp3) is 0.286. The van der Waals surface area contributed by atoms with Gasteiger partial charge >= 0.3 is 0 Å². The van der Waals surface area contributed by atoms with Gasteiger partial charge in [-0.15, -0.1) is 34.0 Å². The van der Waals surface area contributed by atoms with Crippen molar-refractivity contribution >= 4 is 57.7 Å². The van der Waals surface area contributed by atoms with Crippen molar-refractivity contribution in [2.75, 3.05) is 26.2 Å². The van der Waals surface area contributed by atoms with E-state index in [9.17, 15) is 9.59 Å². The Hall–Kier alpha value is -2.34. The smallest absolute Gasteiger partial charge is 0.269 e. The quantitative estimate of drug-likeness (QED) is 0.301. The Balaban J connectivity index is 0.00000169. The monoisotopic (exact) mass is 490 g/mol. The molecule has 142 valence electrons. The molecule has 0 aliphatic carbocycles. The molecule has 0 saturated carbocycles. The van der Waals surface area contributed by atoms with Crippen molar-refractivity contribution in [2.24, 2.45) is 9.98 Å². The third-order valence-electron chi connectivity index (χ3n) is 3.32. The molecule has 0 saturated heterocycles. The molecule has 12 heteroatoms. The molecule has 0 fully saturated rings. The first kappa shape index (κ1) is 21.7. The summed E-state index contributed by atoms with van der Waals surface area (Å²) < 4.78 is 0. The summed E-state index contributed by atoms with van der Waals surface area (Å²) in [6.45, 7) is 2.81. The van der Waals surface area contributed by atoms with Crippen LogP contribution in [0.1, 0.15) is 20.7 Å². The Kier molecular flexibility index (Phi) is 8.85. The first-order chi connectivity index (χ1) is 11.7. The van der Waals surface area contributed by atoms with Crippen molar-refractivity contribution in [1.82, 2.24) is 32.3 Å². The molecule has 0 spiro atoms. The Morgan fingerprint density at radius 3 is 1.69 bits per heavy atom. The molecule has 2 amide bonds. The van der Waals surface area contributed by atoms with E-state index in [4.69, 9.17) is 0 Å². The highest BCUT2D eigenvalue weighted by Gasteiger charge is 2.12. The molecule has 0 bridgehead atoms. The topological polar surface area (TPSA) is 131 Å². The normalized spacial score (nSPS) is 14.3. The zero-order valence-corrected chi connectivity index (χ0v) is 17.1. The zero-order chi connectivity index (χ0) is 16.8. The number of hydrogen-bond acceptors (Lipinski definition) is 8. The predicted octanol–water partition coefficient (Wildman–Crippen LogP) is -0.770. The van der Waals surface area contributed by atoms with Gasteiger partial charge in [-0.3, -0.25) is 41.3 Å². The lowest BCUT2D eigenvalue weighted by Gasteiger charge is -2.10. The van der Waals surface area contributed by atoms with Crippen LogP contribution in [0, 0.1) is 0 Å². The third-order valence-corrected chi connectivity index (χ3v) is 3.32. The average molecular weight is 492 g/mol. The number of rotatable bonds is 2. The van der Waals surface area contributed by atoms with Gasteiger partial charge in [0.2, 0.25) is 11.9 Å². The highest BCUT2D eigenvalue weighted by atomic mass is 79.9.